The summed E-state index contributed by atoms with van der Waals surface area (Å²) in [6, 6.07) is 2.78. The molecule has 0 radical (unpaired) electrons. The third-order valence-electron chi connectivity index (χ3n) is 4.78. The van der Waals surface area contributed by atoms with Gasteiger partial charge in [-0.2, -0.15) is 0 Å². The average molecular weight is 420 g/mol. The van der Waals surface area contributed by atoms with Crippen molar-refractivity contribution < 1.29 is 13.9 Å². The van der Waals surface area contributed by atoms with Gasteiger partial charge in [-0.15, -0.1) is 0 Å². The number of halogens is 1. The summed E-state index contributed by atoms with van der Waals surface area (Å²) in [7, 11) is 0. The van der Waals surface area contributed by atoms with Gasteiger partial charge in [-0.3, -0.25) is 14.3 Å². The van der Waals surface area contributed by atoms with Crippen LogP contribution in [0.1, 0.15) is 38.8 Å². The molecular weight excluding hydrogens is 391 g/mol. The van der Waals surface area contributed by atoms with E-state index < -0.39 is 17.1 Å². The number of anilines is 2. The second-order valence-electron chi connectivity index (χ2n) is 8.44. The average Bonchev–Trinajstić information content (AvgIpc) is 2.64. The predicted octanol–water partition coefficient (Wildman–Crippen LogP) is 2.44. The second-order valence-corrected chi connectivity index (χ2v) is 8.44. The standard InChI is InChI=1S/C21H29FN4O4/c1-12(2)7-25(9-14-5-16(22)6-15-10-29-11-30-18(14)15)17-19(23)26(8-13(3)4)21(28)24-20(17)27/h5-6,12-13H,7-11,23H2,1-4H3,(H,24,27,28). The molecule has 0 bridgehead atoms. The van der Waals surface area contributed by atoms with Crippen molar-refractivity contribution in [3.05, 3.63) is 49.9 Å². The quantitative estimate of drug-likeness (QED) is 0.713. The molecule has 1 aliphatic rings. The Kier molecular flexibility index (Phi) is 6.50. The van der Waals surface area contributed by atoms with Gasteiger partial charge in [0.25, 0.3) is 5.56 Å². The van der Waals surface area contributed by atoms with Crippen molar-refractivity contribution in [1.82, 2.24) is 9.55 Å². The molecule has 0 saturated carbocycles. The van der Waals surface area contributed by atoms with E-state index in [0.29, 0.717) is 30.0 Å². The third-order valence-corrected chi connectivity index (χ3v) is 4.78. The van der Waals surface area contributed by atoms with Crippen molar-refractivity contribution in [2.45, 2.75) is 47.4 Å². The molecule has 0 amide bonds. The lowest BCUT2D eigenvalue weighted by molar-refractivity contribution is -0.0172. The number of nitrogens with two attached hydrogens (primary N) is 1. The van der Waals surface area contributed by atoms with E-state index in [1.165, 1.54) is 16.7 Å². The van der Waals surface area contributed by atoms with Crippen LogP contribution >= 0.6 is 0 Å². The van der Waals surface area contributed by atoms with Gasteiger partial charge in [-0.1, -0.05) is 27.7 Å². The number of fused-ring (bicyclic) bond motifs is 1. The van der Waals surface area contributed by atoms with Crippen LogP contribution in [0.25, 0.3) is 0 Å². The predicted molar refractivity (Wildman–Crippen MR) is 113 cm³/mol. The molecule has 0 saturated heterocycles. The number of nitrogen functional groups attached to an aromatic ring is 1. The van der Waals surface area contributed by atoms with Gasteiger partial charge in [0.1, 0.15) is 23.1 Å². The Morgan fingerprint density at radius 1 is 1.23 bits per heavy atom. The van der Waals surface area contributed by atoms with E-state index in [0.717, 1.165) is 0 Å². The number of nitrogens with one attached hydrogen (secondary N) is 1. The van der Waals surface area contributed by atoms with Crippen LogP contribution in [0.15, 0.2) is 21.7 Å². The molecule has 0 aliphatic carbocycles. The minimum absolute atomic E-state index is 0.0812. The lowest BCUT2D eigenvalue weighted by atomic mass is 10.1. The molecule has 9 heteroatoms. The first-order valence-electron chi connectivity index (χ1n) is 10.1. The summed E-state index contributed by atoms with van der Waals surface area (Å²) in [6.45, 7) is 9.33. The Balaban J connectivity index is 2.10. The van der Waals surface area contributed by atoms with Crippen LogP contribution in [-0.4, -0.2) is 22.9 Å². The van der Waals surface area contributed by atoms with E-state index in [2.05, 4.69) is 4.98 Å². The highest BCUT2D eigenvalue weighted by molar-refractivity contribution is 5.63. The fourth-order valence-corrected chi connectivity index (χ4v) is 3.68. The number of ether oxygens (including phenoxy) is 2. The molecule has 30 heavy (non-hydrogen) atoms. The molecule has 8 nitrogen and oxygen atoms in total. The Hall–Kier alpha value is -2.81. The number of aromatic amines is 1. The van der Waals surface area contributed by atoms with Crippen LogP contribution in [0.4, 0.5) is 15.9 Å². The Morgan fingerprint density at radius 2 is 1.97 bits per heavy atom. The van der Waals surface area contributed by atoms with Crippen LogP contribution in [-0.2, 0) is 24.4 Å². The highest BCUT2D eigenvalue weighted by Gasteiger charge is 2.24. The summed E-state index contributed by atoms with van der Waals surface area (Å²) < 4.78 is 26.5. The molecule has 3 rings (SSSR count). The molecule has 1 aromatic carbocycles. The van der Waals surface area contributed by atoms with E-state index >= 15 is 0 Å². The summed E-state index contributed by atoms with van der Waals surface area (Å²) in [6.07, 6.45) is 0. The lowest BCUT2D eigenvalue weighted by Crippen LogP contribution is -2.40. The minimum atomic E-state index is -0.562. The van der Waals surface area contributed by atoms with Crippen LogP contribution < -0.4 is 26.6 Å². The van der Waals surface area contributed by atoms with Crippen molar-refractivity contribution in [1.29, 1.82) is 0 Å². The molecule has 1 aromatic heterocycles. The molecule has 1 aliphatic heterocycles. The minimum Gasteiger partial charge on any atom is -0.467 e. The van der Waals surface area contributed by atoms with Crippen LogP contribution in [0.5, 0.6) is 5.75 Å². The van der Waals surface area contributed by atoms with E-state index in [-0.39, 0.29) is 43.3 Å². The van der Waals surface area contributed by atoms with Gasteiger partial charge in [-0.25, -0.2) is 9.18 Å². The zero-order valence-corrected chi connectivity index (χ0v) is 17.8. The summed E-state index contributed by atoms with van der Waals surface area (Å²) >= 11 is 0. The highest BCUT2D eigenvalue weighted by Crippen LogP contribution is 2.32. The molecule has 0 spiro atoms. The number of nitrogens with zero attached hydrogens (tertiary/aromatic N) is 2. The molecular formula is C21H29FN4O4. The third kappa shape index (κ3) is 4.67. The monoisotopic (exact) mass is 420 g/mol. The van der Waals surface area contributed by atoms with Crippen molar-refractivity contribution in [3.63, 3.8) is 0 Å². The van der Waals surface area contributed by atoms with E-state index in [9.17, 15) is 14.0 Å². The summed E-state index contributed by atoms with van der Waals surface area (Å²) in [5, 5.41) is 0. The maximum atomic E-state index is 14.2. The van der Waals surface area contributed by atoms with Crippen molar-refractivity contribution in [3.8, 4) is 5.75 Å². The van der Waals surface area contributed by atoms with Gasteiger partial charge in [0.05, 0.1) is 6.61 Å². The largest absolute Gasteiger partial charge is 0.467 e. The van der Waals surface area contributed by atoms with Crippen molar-refractivity contribution >= 4 is 11.5 Å². The number of rotatable bonds is 7. The first kappa shape index (κ1) is 21.9. The molecule has 0 unspecified atom stereocenters. The summed E-state index contributed by atoms with van der Waals surface area (Å²) in [5.41, 5.74) is 6.62. The molecule has 3 N–H and O–H groups in total. The van der Waals surface area contributed by atoms with Crippen LogP contribution in [0, 0.1) is 17.7 Å². The van der Waals surface area contributed by atoms with Crippen molar-refractivity contribution in [2.75, 3.05) is 24.0 Å². The molecule has 2 heterocycles. The van der Waals surface area contributed by atoms with Gasteiger partial charge in [0.15, 0.2) is 6.79 Å². The SMILES string of the molecule is CC(C)CN(Cc1cc(F)cc2c1OCOC2)c1c(N)n(CC(C)C)c(=O)[nH]c1=O. The van der Waals surface area contributed by atoms with Crippen molar-refractivity contribution in [2.24, 2.45) is 11.8 Å². The molecule has 2 aromatic rings. The number of hydrogen-bond donors (Lipinski definition) is 2. The summed E-state index contributed by atoms with van der Waals surface area (Å²) in [5.74, 6) is 0.595. The number of hydrogen-bond acceptors (Lipinski definition) is 6. The first-order chi connectivity index (χ1) is 14.2. The zero-order chi connectivity index (χ0) is 22.0. The van der Waals surface area contributed by atoms with Crippen LogP contribution in [0.3, 0.4) is 0 Å². The number of benzene rings is 1. The van der Waals surface area contributed by atoms with Gasteiger partial charge in [0, 0.05) is 30.8 Å². The molecule has 0 fully saturated rings. The van der Waals surface area contributed by atoms with Gasteiger partial charge < -0.3 is 20.1 Å². The fraction of sp³-hybridized carbons (Fsp3) is 0.524. The molecule has 0 atom stereocenters. The normalized spacial score (nSPS) is 13.4. The second kappa shape index (κ2) is 8.91. The summed E-state index contributed by atoms with van der Waals surface area (Å²) in [4.78, 5) is 29.2. The van der Waals surface area contributed by atoms with Gasteiger partial charge in [-0.05, 0) is 24.0 Å². The van der Waals surface area contributed by atoms with E-state index in [1.54, 1.807) is 4.90 Å². The van der Waals surface area contributed by atoms with E-state index in [4.69, 9.17) is 15.2 Å². The Morgan fingerprint density at radius 3 is 2.63 bits per heavy atom. The fourth-order valence-electron chi connectivity index (χ4n) is 3.68. The van der Waals surface area contributed by atoms with Crippen LogP contribution in [0.2, 0.25) is 0 Å². The maximum absolute atomic E-state index is 14.2. The van der Waals surface area contributed by atoms with Gasteiger partial charge >= 0.3 is 5.69 Å². The maximum Gasteiger partial charge on any atom is 0.330 e. The number of H-pyrrole nitrogens is 1. The molecule has 164 valence electrons. The van der Waals surface area contributed by atoms with Gasteiger partial charge in [0.2, 0.25) is 0 Å². The van der Waals surface area contributed by atoms with E-state index in [1.807, 2.05) is 27.7 Å². The first-order valence-corrected chi connectivity index (χ1v) is 10.1. The smallest absolute Gasteiger partial charge is 0.330 e. The topological polar surface area (TPSA) is 103 Å². The number of aromatic nitrogens is 2. The lowest BCUT2D eigenvalue weighted by Gasteiger charge is -2.30. The Labute approximate surface area is 174 Å². The highest BCUT2D eigenvalue weighted by atomic mass is 19.1. The Bertz CT molecular complexity index is 1030. The zero-order valence-electron chi connectivity index (χ0n) is 17.8.